The van der Waals surface area contributed by atoms with Crippen molar-refractivity contribution in [1.29, 1.82) is 0 Å². The molecule has 0 spiro atoms. The van der Waals surface area contributed by atoms with Crippen molar-refractivity contribution < 1.29 is 13.5 Å². The molecule has 6 heteroatoms. The van der Waals surface area contributed by atoms with Crippen LogP contribution in [0.1, 0.15) is 24.5 Å². The number of rotatable bonds is 5. The fourth-order valence-electron chi connectivity index (χ4n) is 1.49. The van der Waals surface area contributed by atoms with E-state index in [1.54, 1.807) is 12.1 Å². The molecule has 1 atom stereocenters. The molecule has 0 amide bonds. The van der Waals surface area contributed by atoms with E-state index in [0.717, 1.165) is 11.1 Å². The van der Waals surface area contributed by atoms with Crippen molar-refractivity contribution in [1.82, 2.24) is 4.72 Å². The van der Waals surface area contributed by atoms with Gasteiger partial charge < -0.3 is 5.11 Å². The zero-order valence-electron chi connectivity index (χ0n) is 10.7. The van der Waals surface area contributed by atoms with Gasteiger partial charge in [0.25, 0.3) is 0 Å². The third-order valence-electron chi connectivity index (χ3n) is 2.87. The molecular formula is C12H18BrNO3S. The number of hydrogen-bond acceptors (Lipinski definition) is 3. The van der Waals surface area contributed by atoms with Gasteiger partial charge >= 0.3 is 0 Å². The molecule has 0 saturated carbocycles. The topological polar surface area (TPSA) is 66.4 Å². The Morgan fingerprint density at radius 3 is 2.39 bits per heavy atom. The lowest BCUT2D eigenvalue weighted by Crippen LogP contribution is -2.37. The lowest BCUT2D eigenvalue weighted by molar-refractivity contribution is 0.254. The molecule has 1 aromatic carbocycles. The molecule has 0 heterocycles. The van der Waals surface area contributed by atoms with Crippen LogP contribution in [0.2, 0.25) is 0 Å². The van der Waals surface area contributed by atoms with Crippen LogP contribution >= 0.6 is 15.9 Å². The second-order valence-corrected chi connectivity index (χ2v) is 6.81. The first kappa shape index (κ1) is 15.6. The summed E-state index contributed by atoms with van der Waals surface area (Å²) < 4.78 is 27.4. The van der Waals surface area contributed by atoms with Crippen molar-refractivity contribution >= 4 is 26.0 Å². The number of benzene rings is 1. The Morgan fingerprint density at radius 2 is 1.89 bits per heavy atom. The number of aryl methyl sites for hydroxylation is 2. The van der Waals surface area contributed by atoms with Gasteiger partial charge in [-0.15, -0.1) is 0 Å². The Kier molecular flexibility index (Phi) is 5.33. The quantitative estimate of drug-likeness (QED) is 0.866. The van der Waals surface area contributed by atoms with Gasteiger partial charge in [0, 0.05) is 10.5 Å². The number of hydrogen-bond donors (Lipinski definition) is 2. The Balaban J connectivity index is 3.16. The number of nitrogens with one attached hydrogen (secondary N) is 1. The summed E-state index contributed by atoms with van der Waals surface area (Å²) >= 11 is 3.27. The van der Waals surface area contributed by atoms with E-state index in [4.69, 9.17) is 5.11 Å². The largest absolute Gasteiger partial charge is 0.395 e. The minimum Gasteiger partial charge on any atom is -0.395 e. The van der Waals surface area contributed by atoms with Crippen molar-refractivity contribution in [2.45, 2.75) is 38.1 Å². The van der Waals surface area contributed by atoms with Gasteiger partial charge in [0.05, 0.1) is 11.5 Å². The highest BCUT2D eigenvalue weighted by molar-refractivity contribution is 9.10. The maximum Gasteiger partial charge on any atom is 0.242 e. The summed E-state index contributed by atoms with van der Waals surface area (Å²) in [5, 5.41) is 9.07. The summed E-state index contributed by atoms with van der Waals surface area (Å²) in [5.41, 5.74) is 1.94. The van der Waals surface area contributed by atoms with E-state index in [-0.39, 0.29) is 11.5 Å². The standard InChI is InChI=1S/C12H18BrNO3S/c1-4-10(7-15)14-18(16,17)12-6-9(3)8(2)5-11(12)13/h5-6,10,14-15H,4,7H2,1-3H3/t10-/m0/s1. The first-order valence-corrected chi connectivity index (χ1v) is 7.99. The van der Waals surface area contributed by atoms with Crippen LogP contribution in [0.15, 0.2) is 21.5 Å². The van der Waals surface area contributed by atoms with E-state index in [2.05, 4.69) is 20.7 Å². The fraction of sp³-hybridized carbons (Fsp3) is 0.500. The molecule has 1 aromatic rings. The molecule has 18 heavy (non-hydrogen) atoms. The second kappa shape index (κ2) is 6.14. The van der Waals surface area contributed by atoms with Crippen LogP contribution in [0, 0.1) is 13.8 Å². The number of aliphatic hydroxyl groups is 1. The highest BCUT2D eigenvalue weighted by Gasteiger charge is 2.21. The average molecular weight is 336 g/mol. The van der Waals surface area contributed by atoms with Gasteiger partial charge in [-0.05, 0) is 59.5 Å². The van der Waals surface area contributed by atoms with E-state index in [9.17, 15) is 8.42 Å². The number of halogens is 1. The third-order valence-corrected chi connectivity index (χ3v) is 5.35. The summed E-state index contributed by atoms with van der Waals surface area (Å²) in [7, 11) is -3.61. The minimum absolute atomic E-state index is 0.206. The summed E-state index contributed by atoms with van der Waals surface area (Å²) in [6.45, 7) is 5.40. The molecular weight excluding hydrogens is 318 g/mol. The molecule has 0 unspecified atom stereocenters. The van der Waals surface area contributed by atoms with Crippen LogP contribution < -0.4 is 4.72 Å². The van der Waals surface area contributed by atoms with E-state index < -0.39 is 16.1 Å². The number of sulfonamides is 1. The Bertz CT molecular complexity index is 524. The van der Waals surface area contributed by atoms with Crippen LogP contribution in [0.25, 0.3) is 0 Å². The van der Waals surface area contributed by atoms with Gasteiger partial charge in [0.1, 0.15) is 0 Å². The van der Waals surface area contributed by atoms with Crippen LogP contribution in [-0.4, -0.2) is 26.2 Å². The summed E-state index contributed by atoms with van der Waals surface area (Å²) in [4.78, 5) is 0.206. The minimum atomic E-state index is -3.61. The van der Waals surface area contributed by atoms with E-state index in [1.807, 2.05) is 20.8 Å². The lowest BCUT2D eigenvalue weighted by Gasteiger charge is -2.16. The van der Waals surface area contributed by atoms with E-state index in [0.29, 0.717) is 10.9 Å². The van der Waals surface area contributed by atoms with Crippen LogP contribution in [0.3, 0.4) is 0 Å². The van der Waals surface area contributed by atoms with Gasteiger partial charge in [0.15, 0.2) is 0 Å². The SMILES string of the molecule is CC[C@@H](CO)NS(=O)(=O)c1cc(C)c(C)cc1Br. The van der Waals surface area contributed by atoms with Crippen molar-refractivity contribution in [3.63, 3.8) is 0 Å². The normalized spacial score (nSPS) is 13.6. The Morgan fingerprint density at radius 1 is 1.33 bits per heavy atom. The fourth-order valence-corrected chi connectivity index (χ4v) is 4.04. The van der Waals surface area contributed by atoms with E-state index in [1.165, 1.54) is 0 Å². The lowest BCUT2D eigenvalue weighted by atomic mass is 10.1. The highest BCUT2D eigenvalue weighted by atomic mass is 79.9. The van der Waals surface area contributed by atoms with Crippen molar-refractivity contribution in [2.75, 3.05) is 6.61 Å². The highest BCUT2D eigenvalue weighted by Crippen LogP contribution is 2.25. The van der Waals surface area contributed by atoms with E-state index >= 15 is 0 Å². The Labute approximate surface area is 117 Å². The Hall–Kier alpha value is -0.430. The predicted octanol–water partition coefficient (Wildman–Crippen LogP) is 2.12. The summed E-state index contributed by atoms with van der Waals surface area (Å²) in [6, 6.07) is 2.96. The van der Waals surface area contributed by atoms with Gasteiger partial charge in [-0.3, -0.25) is 0 Å². The molecule has 0 saturated heterocycles. The molecule has 0 aliphatic carbocycles. The molecule has 0 aromatic heterocycles. The molecule has 0 aliphatic rings. The summed E-state index contributed by atoms with van der Waals surface area (Å²) in [5.74, 6) is 0. The van der Waals surface area contributed by atoms with Crippen LogP contribution in [-0.2, 0) is 10.0 Å². The third kappa shape index (κ3) is 3.54. The van der Waals surface area contributed by atoms with Crippen molar-refractivity contribution in [2.24, 2.45) is 0 Å². The first-order valence-electron chi connectivity index (χ1n) is 5.71. The smallest absolute Gasteiger partial charge is 0.242 e. The van der Waals surface area contributed by atoms with Crippen molar-refractivity contribution in [3.05, 3.63) is 27.7 Å². The average Bonchev–Trinajstić information content (AvgIpc) is 2.30. The van der Waals surface area contributed by atoms with Gasteiger partial charge in [-0.25, -0.2) is 13.1 Å². The molecule has 2 N–H and O–H groups in total. The van der Waals surface area contributed by atoms with Crippen molar-refractivity contribution in [3.8, 4) is 0 Å². The summed E-state index contributed by atoms with van der Waals surface area (Å²) in [6.07, 6.45) is 0.540. The maximum absolute atomic E-state index is 12.2. The molecule has 4 nitrogen and oxygen atoms in total. The van der Waals surface area contributed by atoms with Crippen LogP contribution in [0.5, 0.6) is 0 Å². The molecule has 0 radical (unpaired) electrons. The molecule has 0 bridgehead atoms. The second-order valence-electron chi connectivity index (χ2n) is 4.28. The maximum atomic E-state index is 12.2. The monoisotopic (exact) mass is 335 g/mol. The van der Waals surface area contributed by atoms with Crippen LogP contribution in [0.4, 0.5) is 0 Å². The molecule has 0 aliphatic heterocycles. The number of aliphatic hydroxyl groups excluding tert-OH is 1. The van der Waals surface area contributed by atoms with Gasteiger partial charge in [-0.1, -0.05) is 6.92 Å². The molecule has 1 rings (SSSR count). The molecule has 102 valence electrons. The predicted molar refractivity (Wildman–Crippen MR) is 75.1 cm³/mol. The van der Waals surface area contributed by atoms with Gasteiger partial charge in [0.2, 0.25) is 10.0 Å². The zero-order valence-corrected chi connectivity index (χ0v) is 13.1. The first-order chi connectivity index (χ1) is 8.31. The molecule has 0 fully saturated rings. The zero-order chi connectivity index (χ0) is 13.9. The van der Waals surface area contributed by atoms with Gasteiger partial charge in [-0.2, -0.15) is 0 Å².